The average Bonchev–Trinajstić information content (AvgIpc) is 2.67. The smallest absolute Gasteiger partial charge is 0.311 e. The van der Waals surface area contributed by atoms with Crippen molar-refractivity contribution < 1.29 is 18.1 Å². The van der Waals surface area contributed by atoms with Gasteiger partial charge in [-0.1, -0.05) is 0 Å². The Bertz CT molecular complexity index is 793. The van der Waals surface area contributed by atoms with Crippen molar-refractivity contribution in [3.63, 3.8) is 0 Å². The lowest BCUT2D eigenvalue weighted by molar-refractivity contribution is -0.385. The van der Waals surface area contributed by atoms with Crippen LogP contribution in [-0.4, -0.2) is 81.2 Å². The number of ether oxygens (including phenoxy) is 1. The molecule has 0 spiro atoms. The zero-order valence-electron chi connectivity index (χ0n) is 15.7. The van der Waals surface area contributed by atoms with Gasteiger partial charge in [-0.3, -0.25) is 15.0 Å². The van der Waals surface area contributed by atoms with Gasteiger partial charge in [0.2, 0.25) is 10.0 Å². The van der Waals surface area contributed by atoms with Crippen LogP contribution in [0.25, 0.3) is 0 Å². The van der Waals surface area contributed by atoms with E-state index in [-0.39, 0.29) is 11.4 Å². The Balaban J connectivity index is 1.67. The molecule has 10 heteroatoms. The highest BCUT2D eigenvalue weighted by atomic mass is 32.2. The lowest BCUT2D eigenvalue weighted by Gasteiger charge is -2.43. The summed E-state index contributed by atoms with van der Waals surface area (Å²) in [5.74, 6) is 0.265. The van der Waals surface area contributed by atoms with E-state index in [0.717, 1.165) is 44.7 Å². The number of rotatable bonds is 5. The molecular weight excluding hydrogens is 372 g/mol. The minimum Gasteiger partial charge on any atom is -0.490 e. The van der Waals surface area contributed by atoms with Crippen molar-refractivity contribution in [1.29, 1.82) is 0 Å². The molecule has 0 N–H and O–H groups in total. The van der Waals surface area contributed by atoms with Gasteiger partial charge in [0.15, 0.2) is 5.75 Å². The van der Waals surface area contributed by atoms with Crippen LogP contribution in [-0.2, 0) is 10.0 Å². The highest BCUT2D eigenvalue weighted by Crippen LogP contribution is 2.33. The first-order chi connectivity index (χ1) is 12.8. The zero-order valence-corrected chi connectivity index (χ0v) is 16.5. The van der Waals surface area contributed by atoms with Crippen molar-refractivity contribution in [1.82, 2.24) is 9.21 Å². The zero-order chi connectivity index (χ0) is 19.6. The summed E-state index contributed by atoms with van der Waals surface area (Å²) in [7, 11) is -1.69. The summed E-state index contributed by atoms with van der Waals surface area (Å²) in [5, 5.41) is 11.1. The number of hydrogen-bond donors (Lipinski definition) is 0. The standard InChI is InChI=1S/C17H26N4O5S/c1-26-17-12-14(5-6-16(17)21(22)23)19-7-3-4-15(13-19)18-8-10-20(11-9-18)27(2,24)25/h5-6,12,15H,3-4,7-11,13H2,1-2H3. The van der Waals surface area contributed by atoms with Crippen molar-refractivity contribution in [3.8, 4) is 5.75 Å². The van der Waals surface area contributed by atoms with Gasteiger partial charge >= 0.3 is 5.69 Å². The van der Waals surface area contributed by atoms with Gasteiger partial charge in [-0.25, -0.2) is 8.42 Å². The van der Waals surface area contributed by atoms with Crippen LogP contribution < -0.4 is 9.64 Å². The van der Waals surface area contributed by atoms with Crippen LogP contribution in [0.3, 0.4) is 0 Å². The summed E-state index contributed by atoms with van der Waals surface area (Å²) in [6, 6.07) is 5.33. The third kappa shape index (κ3) is 4.50. The molecule has 0 bridgehead atoms. The fraction of sp³-hybridized carbons (Fsp3) is 0.647. The SMILES string of the molecule is COc1cc(N2CCCC(N3CCN(S(C)(=O)=O)CC3)C2)ccc1[N+](=O)[O-]. The van der Waals surface area contributed by atoms with E-state index >= 15 is 0 Å². The molecule has 1 unspecified atom stereocenters. The molecule has 150 valence electrons. The van der Waals surface area contributed by atoms with Crippen molar-refractivity contribution in [2.45, 2.75) is 18.9 Å². The van der Waals surface area contributed by atoms with E-state index in [0.29, 0.717) is 19.1 Å². The summed E-state index contributed by atoms with van der Waals surface area (Å²) >= 11 is 0. The number of hydrogen-bond acceptors (Lipinski definition) is 7. The Morgan fingerprint density at radius 1 is 1.19 bits per heavy atom. The Labute approximate surface area is 159 Å². The van der Waals surface area contributed by atoms with Gasteiger partial charge in [-0.2, -0.15) is 4.31 Å². The van der Waals surface area contributed by atoms with E-state index in [2.05, 4.69) is 9.80 Å². The molecule has 2 aliphatic rings. The Morgan fingerprint density at radius 2 is 1.89 bits per heavy atom. The maximum atomic E-state index is 11.7. The predicted molar refractivity (Wildman–Crippen MR) is 103 cm³/mol. The van der Waals surface area contributed by atoms with Crippen LogP contribution in [0.5, 0.6) is 5.75 Å². The van der Waals surface area contributed by atoms with E-state index in [4.69, 9.17) is 4.74 Å². The first-order valence-electron chi connectivity index (χ1n) is 9.06. The van der Waals surface area contributed by atoms with Gasteiger partial charge in [0.1, 0.15) is 0 Å². The fourth-order valence-electron chi connectivity index (χ4n) is 3.90. The maximum absolute atomic E-state index is 11.7. The van der Waals surface area contributed by atoms with E-state index in [9.17, 15) is 18.5 Å². The molecule has 0 radical (unpaired) electrons. The second-order valence-electron chi connectivity index (χ2n) is 7.05. The number of anilines is 1. The highest BCUT2D eigenvalue weighted by Gasteiger charge is 2.31. The van der Waals surface area contributed by atoms with E-state index < -0.39 is 14.9 Å². The number of methoxy groups -OCH3 is 1. The number of nitro benzene ring substituents is 1. The lowest BCUT2D eigenvalue weighted by atomic mass is 10.0. The van der Waals surface area contributed by atoms with E-state index in [1.54, 1.807) is 12.1 Å². The maximum Gasteiger partial charge on any atom is 0.311 e. The van der Waals surface area contributed by atoms with Crippen molar-refractivity contribution in [2.24, 2.45) is 0 Å². The Kier molecular flexibility index (Phi) is 5.87. The summed E-state index contributed by atoms with van der Waals surface area (Å²) in [4.78, 5) is 15.2. The number of nitrogens with zero attached hydrogens (tertiary/aromatic N) is 4. The molecule has 0 saturated carbocycles. The van der Waals surface area contributed by atoms with E-state index in [1.807, 2.05) is 0 Å². The molecule has 1 aromatic carbocycles. The van der Waals surface area contributed by atoms with Gasteiger partial charge in [0.05, 0.1) is 18.3 Å². The monoisotopic (exact) mass is 398 g/mol. The number of nitro groups is 1. The molecule has 3 rings (SSSR count). The van der Waals surface area contributed by atoms with Crippen LogP contribution in [0.2, 0.25) is 0 Å². The number of benzene rings is 1. The molecular formula is C17H26N4O5S. The highest BCUT2D eigenvalue weighted by molar-refractivity contribution is 7.88. The minimum atomic E-state index is -3.13. The molecule has 1 aromatic rings. The van der Waals surface area contributed by atoms with Gasteiger partial charge in [0, 0.05) is 63.1 Å². The van der Waals surface area contributed by atoms with Crippen molar-refractivity contribution in [2.75, 3.05) is 57.5 Å². The topological polar surface area (TPSA) is 96.2 Å². The second-order valence-corrected chi connectivity index (χ2v) is 9.04. The molecule has 9 nitrogen and oxygen atoms in total. The number of sulfonamides is 1. The summed E-state index contributed by atoms with van der Waals surface area (Å²) < 4.78 is 30.1. The summed E-state index contributed by atoms with van der Waals surface area (Å²) in [6.45, 7) is 4.23. The Morgan fingerprint density at radius 3 is 2.48 bits per heavy atom. The number of piperidine rings is 1. The fourth-order valence-corrected chi connectivity index (χ4v) is 4.73. The van der Waals surface area contributed by atoms with Crippen LogP contribution in [0.15, 0.2) is 18.2 Å². The second kappa shape index (κ2) is 7.99. The van der Waals surface area contributed by atoms with Crippen LogP contribution >= 0.6 is 0 Å². The average molecular weight is 398 g/mol. The summed E-state index contributed by atoms with van der Waals surface area (Å²) in [6.07, 6.45) is 3.35. The van der Waals surface area contributed by atoms with Gasteiger partial charge in [-0.15, -0.1) is 0 Å². The largest absolute Gasteiger partial charge is 0.490 e. The van der Waals surface area contributed by atoms with Crippen LogP contribution in [0.4, 0.5) is 11.4 Å². The van der Waals surface area contributed by atoms with Crippen molar-refractivity contribution in [3.05, 3.63) is 28.3 Å². The molecule has 2 aliphatic heterocycles. The molecule has 2 fully saturated rings. The summed E-state index contributed by atoms with van der Waals surface area (Å²) in [5.41, 5.74) is 0.878. The Hall–Kier alpha value is -1.91. The van der Waals surface area contributed by atoms with Crippen LogP contribution in [0, 0.1) is 10.1 Å². The first-order valence-corrected chi connectivity index (χ1v) is 10.9. The van der Waals surface area contributed by atoms with Gasteiger partial charge in [0.25, 0.3) is 0 Å². The molecule has 1 atom stereocenters. The van der Waals surface area contributed by atoms with E-state index in [1.165, 1.54) is 23.7 Å². The van der Waals surface area contributed by atoms with Gasteiger partial charge < -0.3 is 9.64 Å². The molecule has 0 aliphatic carbocycles. The normalized spacial score (nSPS) is 22.6. The number of piperazine rings is 1. The van der Waals surface area contributed by atoms with Crippen molar-refractivity contribution >= 4 is 21.4 Å². The molecule has 2 saturated heterocycles. The molecule has 2 heterocycles. The molecule has 27 heavy (non-hydrogen) atoms. The lowest BCUT2D eigenvalue weighted by Crippen LogP contribution is -2.55. The molecule has 0 amide bonds. The van der Waals surface area contributed by atoms with Gasteiger partial charge in [-0.05, 0) is 18.9 Å². The third-order valence-corrected chi connectivity index (χ3v) is 6.68. The van der Waals surface area contributed by atoms with Crippen LogP contribution in [0.1, 0.15) is 12.8 Å². The minimum absolute atomic E-state index is 0.0355. The quantitative estimate of drug-likeness (QED) is 0.542. The molecule has 0 aromatic heterocycles. The predicted octanol–water partition coefficient (Wildman–Crippen LogP) is 1.15. The third-order valence-electron chi connectivity index (χ3n) is 5.38. The first kappa shape index (κ1) is 19.8.